The highest BCUT2D eigenvalue weighted by Crippen LogP contribution is 2.71. The molecule has 32 unspecified atom stereocenters. The number of rotatable bonds is 18. The van der Waals surface area contributed by atoms with Gasteiger partial charge >= 0.3 is 5.97 Å². The first-order valence-electron chi connectivity index (χ1n) is 30.9. The molecule has 6 heterocycles. The first-order chi connectivity index (χ1) is 41.2. The third-order valence-electron chi connectivity index (χ3n) is 21.7. The summed E-state index contributed by atoms with van der Waals surface area (Å²) in [5, 5.41) is 102. The number of allylic oxidation sites excluding steroid dienone is 1. The van der Waals surface area contributed by atoms with E-state index in [-0.39, 0.29) is 43.3 Å². The van der Waals surface area contributed by atoms with Crippen LogP contribution in [0.4, 0.5) is 0 Å². The summed E-state index contributed by atoms with van der Waals surface area (Å²) in [7, 11) is 6.10. The molecule has 3 saturated carbocycles. The van der Waals surface area contributed by atoms with Gasteiger partial charge in [-0.15, -0.1) is 0 Å². The highest BCUT2D eigenvalue weighted by Gasteiger charge is 2.81. The molecule has 10 rings (SSSR count). The number of esters is 1. The minimum absolute atomic E-state index is 0.0254. The summed E-state index contributed by atoms with van der Waals surface area (Å²) >= 11 is 0. The first-order valence-corrected chi connectivity index (χ1v) is 30.9. The van der Waals surface area contributed by atoms with Crippen LogP contribution in [0.1, 0.15) is 117 Å². The van der Waals surface area contributed by atoms with Gasteiger partial charge in [0.2, 0.25) is 0 Å². The molecule has 9 N–H and O–H groups in total. The molecule has 32 atom stereocenters. The average molecular weight is 1240 g/mol. The Kier molecular flexibility index (Phi) is 20.5. The van der Waals surface area contributed by atoms with E-state index in [0.29, 0.717) is 32.1 Å². The molecule has 0 spiro atoms. The lowest BCUT2D eigenvalue weighted by atomic mass is 9.42. The predicted molar refractivity (Wildman–Crippen MR) is 299 cm³/mol. The lowest BCUT2D eigenvalue weighted by Crippen LogP contribution is -2.78. The second-order valence-corrected chi connectivity index (χ2v) is 26.3. The minimum atomic E-state index is -1.99. The molecule has 4 aliphatic carbocycles. The van der Waals surface area contributed by atoms with E-state index < -0.39 is 194 Å². The van der Waals surface area contributed by atoms with Crippen LogP contribution in [-0.2, 0) is 71.1 Å². The summed E-state index contributed by atoms with van der Waals surface area (Å²) in [6.07, 6.45) is -14.0. The Morgan fingerprint density at radius 1 is 0.655 bits per heavy atom. The molecule has 26 heteroatoms. The van der Waals surface area contributed by atoms with Crippen molar-refractivity contribution >= 4 is 5.97 Å². The number of nitrogens with zero attached hydrogens (tertiary/aromatic N) is 1. The zero-order valence-corrected chi connectivity index (χ0v) is 51.6. The van der Waals surface area contributed by atoms with Gasteiger partial charge in [0.15, 0.2) is 31.5 Å². The van der Waals surface area contributed by atoms with Crippen molar-refractivity contribution in [3.05, 3.63) is 42.2 Å². The van der Waals surface area contributed by atoms with Crippen molar-refractivity contribution in [1.29, 1.82) is 0 Å². The van der Waals surface area contributed by atoms with Crippen LogP contribution < -0.4 is 0 Å². The van der Waals surface area contributed by atoms with Gasteiger partial charge < -0.3 is 117 Å². The summed E-state index contributed by atoms with van der Waals surface area (Å²) in [4.78, 5) is 17.8. The number of aliphatic hydroxyl groups excluding tert-OH is 6. The Hall–Kier alpha value is -2.56. The van der Waals surface area contributed by atoms with Crippen molar-refractivity contribution in [1.82, 2.24) is 4.98 Å². The number of carbonyl (C=O) groups is 1. The first kappa shape index (κ1) is 67.3. The predicted octanol–water partition coefficient (Wildman–Crippen LogP) is 0.674. The molecule has 5 saturated heterocycles. The second kappa shape index (κ2) is 26.4. The number of methoxy groups -OCH3 is 4. The maximum Gasteiger partial charge on any atom is 0.339 e. The number of carbonyl (C=O) groups excluding carboxylic acids is 1. The fourth-order valence-electron chi connectivity index (χ4n) is 16.4. The SMILES string of the molecule is COC1CC(OC2CCC3(C)C(C=CC4(O)C3CC(OC(=O)c3cccnc3)C3(C)C(O)(C(C)O)CCC43O)C2)OC(C)C1OC1CC(OC)C(OC2CC(OC)C(OC3OC(C)C(OC4OC(CO)C(O)C(O)C4O)C(OC)C3O)C(C)O2)C(C)O1. The van der Waals surface area contributed by atoms with Gasteiger partial charge in [-0.1, -0.05) is 26.0 Å². The highest BCUT2D eigenvalue weighted by atomic mass is 16.8. The Morgan fingerprint density at radius 2 is 1.21 bits per heavy atom. The van der Waals surface area contributed by atoms with E-state index in [1.54, 1.807) is 59.4 Å². The number of aromatic nitrogens is 1. The summed E-state index contributed by atoms with van der Waals surface area (Å²) in [6, 6.07) is 3.20. The van der Waals surface area contributed by atoms with Crippen LogP contribution >= 0.6 is 0 Å². The third-order valence-corrected chi connectivity index (χ3v) is 21.7. The Morgan fingerprint density at radius 3 is 1.75 bits per heavy atom. The molecule has 9 aliphatic rings. The quantitative estimate of drug-likeness (QED) is 0.0720. The molecule has 1 aromatic heterocycles. The van der Waals surface area contributed by atoms with E-state index >= 15 is 0 Å². The van der Waals surface area contributed by atoms with E-state index in [0.717, 1.165) is 0 Å². The van der Waals surface area contributed by atoms with Crippen molar-refractivity contribution in [3.8, 4) is 0 Å². The summed E-state index contributed by atoms with van der Waals surface area (Å²) in [5.41, 5.74) is -7.78. The molecular formula is C61H95NO25. The molecule has 494 valence electrons. The lowest BCUT2D eigenvalue weighted by Gasteiger charge is -2.67. The molecule has 0 aromatic carbocycles. The Labute approximate surface area is 507 Å². The largest absolute Gasteiger partial charge is 0.458 e. The van der Waals surface area contributed by atoms with E-state index in [9.17, 15) is 50.8 Å². The summed E-state index contributed by atoms with van der Waals surface area (Å²) in [5.74, 6) is -1.41. The summed E-state index contributed by atoms with van der Waals surface area (Å²) < 4.78 is 93.6. The van der Waals surface area contributed by atoms with Crippen LogP contribution in [0.15, 0.2) is 36.7 Å². The Bertz CT molecular complexity index is 2490. The van der Waals surface area contributed by atoms with Crippen LogP contribution in [0, 0.1) is 22.7 Å². The minimum Gasteiger partial charge on any atom is -0.458 e. The number of pyridine rings is 1. The van der Waals surface area contributed by atoms with Gasteiger partial charge in [-0.05, 0) is 96.6 Å². The molecule has 0 radical (unpaired) electrons. The van der Waals surface area contributed by atoms with Gasteiger partial charge in [-0.2, -0.15) is 0 Å². The number of hydrogen-bond donors (Lipinski definition) is 9. The number of aliphatic hydroxyl groups is 9. The smallest absolute Gasteiger partial charge is 0.339 e. The van der Waals surface area contributed by atoms with Crippen LogP contribution in [0.2, 0.25) is 0 Å². The van der Waals surface area contributed by atoms with E-state index in [4.69, 9.17) is 71.1 Å². The second-order valence-electron chi connectivity index (χ2n) is 26.3. The van der Waals surface area contributed by atoms with Crippen LogP contribution in [0.3, 0.4) is 0 Å². The average Bonchev–Trinajstić information content (AvgIpc) is 1.61. The molecule has 1 aromatic rings. The van der Waals surface area contributed by atoms with Crippen molar-refractivity contribution in [3.63, 3.8) is 0 Å². The van der Waals surface area contributed by atoms with Gasteiger partial charge in [0.1, 0.15) is 83.9 Å². The fourth-order valence-corrected chi connectivity index (χ4v) is 16.4. The molecule has 5 aliphatic heterocycles. The van der Waals surface area contributed by atoms with Gasteiger partial charge in [-0.25, -0.2) is 4.79 Å². The van der Waals surface area contributed by atoms with Crippen molar-refractivity contribution in [2.24, 2.45) is 22.7 Å². The molecule has 26 nitrogen and oxygen atoms in total. The van der Waals surface area contributed by atoms with Crippen LogP contribution in [0.25, 0.3) is 0 Å². The van der Waals surface area contributed by atoms with E-state index in [2.05, 4.69) is 11.9 Å². The standard InChI is InChI=1S/C61H95NO25/c1-28-49(36(73-8)22-42(77-28)81-35-15-16-57(6)34(21-35)14-17-60(71)40(57)25-41(83-54(69)33-13-12-20-62-26-33)58(7)59(70,32(5)64)18-19-61(58,60)72)84-43-23-37(74-9)50(29(2)78-43)85-44-24-38(75-10)51(30(3)79-44)86-56-48(68)53(76-11)52(31(4)80-56)87-55-47(67)46(66)45(65)39(27-63)82-55/h12-14,17,20,26,28-32,34-53,55-56,63-68,70-72H,15-16,18-19,21-25,27H2,1-11H3. The monoisotopic (exact) mass is 1240 g/mol. The lowest BCUT2D eigenvalue weighted by molar-refractivity contribution is -0.374. The molecule has 8 fully saturated rings. The van der Waals surface area contributed by atoms with Crippen molar-refractivity contribution in [2.75, 3.05) is 35.0 Å². The van der Waals surface area contributed by atoms with E-state index in [1.165, 1.54) is 27.3 Å². The zero-order chi connectivity index (χ0) is 62.9. The molecule has 0 amide bonds. The normalized spacial score (nSPS) is 51.2. The van der Waals surface area contributed by atoms with E-state index in [1.807, 2.05) is 19.9 Å². The maximum atomic E-state index is 13.8. The van der Waals surface area contributed by atoms with Gasteiger partial charge in [0.25, 0.3) is 0 Å². The molecular weight excluding hydrogens is 1150 g/mol. The number of ether oxygens (including phenoxy) is 15. The summed E-state index contributed by atoms with van der Waals surface area (Å²) in [6.45, 7) is 11.7. The number of hydrogen-bond acceptors (Lipinski definition) is 26. The third kappa shape index (κ3) is 11.9. The molecule has 87 heavy (non-hydrogen) atoms. The highest BCUT2D eigenvalue weighted by molar-refractivity contribution is 5.89. The topological polar surface area (TPSA) is 350 Å². The van der Waals surface area contributed by atoms with Gasteiger partial charge in [0.05, 0.1) is 72.5 Å². The van der Waals surface area contributed by atoms with Crippen molar-refractivity contribution < 1.29 is 122 Å². The number of fused-ring (bicyclic) bond motifs is 5. The van der Waals surface area contributed by atoms with Crippen LogP contribution in [0.5, 0.6) is 0 Å². The van der Waals surface area contributed by atoms with Gasteiger partial charge in [-0.3, -0.25) is 4.98 Å². The van der Waals surface area contributed by atoms with Crippen molar-refractivity contribution in [2.45, 2.75) is 277 Å². The Balaban J connectivity index is 0.727. The zero-order valence-electron chi connectivity index (χ0n) is 51.6. The van der Waals surface area contributed by atoms with Gasteiger partial charge in [0, 0.05) is 66.0 Å². The van der Waals surface area contributed by atoms with Crippen LogP contribution in [-0.4, -0.2) is 262 Å². The maximum absolute atomic E-state index is 13.8. The molecule has 0 bridgehead atoms. The fraction of sp³-hybridized carbons (Fsp3) is 0.869.